The highest BCUT2D eigenvalue weighted by molar-refractivity contribution is 6.09. The third-order valence-electron chi connectivity index (χ3n) is 3.34. The van der Waals surface area contributed by atoms with Crippen molar-refractivity contribution in [3.05, 3.63) is 58.9 Å². The Hall–Kier alpha value is -2.69. The van der Waals surface area contributed by atoms with Crippen LogP contribution in [0.4, 0.5) is 15.8 Å². The summed E-state index contributed by atoms with van der Waals surface area (Å²) in [5.74, 6) is -0.823. The van der Waals surface area contributed by atoms with E-state index in [4.69, 9.17) is 5.73 Å². The van der Waals surface area contributed by atoms with Gasteiger partial charge in [0.05, 0.1) is 0 Å². The molecule has 0 radical (unpaired) electrons. The van der Waals surface area contributed by atoms with Gasteiger partial charge in [0.25, 0.3) is 0 Å². The average molecular weight is 286 g/mol. The van der Waals surface area contributed by atoms with Gasteiger partial charge in [-0.2, -0.15) is 0 Å². The molecule has 0 saturated heterocycles. The summed E-state index contributed by atoms with van der Waals surface area (Å²) in [6.07, 6.45) is 0.673. The molecule has 2 N–H and O–H groups in total. The Morgan fingerprint density at radius 2 is 1.81 bits per heavy atom. The first-order chi connectivity index (χ1) is 9.93. The fourth-order valence-corrected chi connectivity index (χ4v) is 1.91. The van der Waals surface area contributed by atoms with Gasteiger partial charge in [0, 0.05) is 35.1 Å². The van der Waals surface area contributed by atoms with Crippen molar-refractivity contribution in [1.82, 2.24) is 0 Å². The van der Waals surface area contributed by atoms with E-state index in [1.54, 1.807) is 38.2 Å². The molecule has 0 bridgehead atoms. The number of carbonyl (C=O) groups excluding carboxylic acids is 2. The van der Waals surface area contributed by atoms with E-state index in [1.165, 1.54) is 17.0 Å². The summed E-state index contributed by atoms with van der Waals surface area (Å²) in [7, 11) is 1.61. The number of halogens is 1. The van der Waals surface area contributed by atoms with Crippen LogP contribution in [0.25, 0.3) is 0 Å². The second-order valence-corrected chi connectivity index (χ2v) is 4.76. The van der Waals surface area contributed by atoms with Crippen LogP contribution in [-0.2, 0) is 4.79 Å². The molecule has 108 valence electrons. The number of carbonyl (C=O) groups is 2. The van der Waals surface area contributed by atoms with E-state index in [-0.39, 0.29) is 17.0 Å². The Bertz CT molecular complexity index is 673. The van der Waals surface area contributed by atoms with E-state index in [1.807, 2.05) is 0 Å². The normalized spacial score (nSPS) is 10.2. The first kappa shape index (κ1) is 14.7. The maximum absolute atomic E-state index is 13.7. The Labute approximate surface area is 122 Å². The summed E-state index contributed by atoms with van der Waals surface area (Å²) in [4.78, 5) is 24.3. The molecule has 1 amide bonds. The molecule has 4 nitrogen and oxygen atoms in total. The summed E-state index contributed by atoms with van der Waals surface area (Å²) in [6, 6.07) is 9.12. The molecule has 0 heterocycles. The van der Waals surface area contributed by atoms with E-state index in [0.29, 0.717) is 23.2 Å². The molecule has 2 rings (SSSR count). The van der Waals surface area contributed by atoms with Crippen molar-refractivity contribution in [3.63, 3.8) is 0 Å². The van der Waals surface area contributed by atoms with Gasteiger partial charge < -0.3 is 10.6 Å². The van der Waals surface area contributed by atoms with Gasteiger partial charge in [0.1, 0.15) is 5.82 Å². The van der Waals surface area contributed by atoms with Crippen LogP contribution < -0.4 is 10.6 Å². The molecule has 0 aliphatic rings. The van der Waals surface area contributed by atoms with Crippen LogP contribution in [0.3, 0.4) is 0 Å². The number of ketones is 1. The zero-order valence-electron chi connectivity index (χ0n) is 11.8. The predicted molar refractivity (Wildman–Crippen MR) is 79.9 cm³/mol. The zero-order chi connectivity index (χ0) is 15.6. The number of rotatable bonds is 4. The number of hydrogen-bond acceptors (Lipinski definition) is 3. The molecular formula is C16H15FN2O2. The van der Waals surface area contributed by atoms with E-state index in [0.717, 1.165) is 0 Å². The van der Waals surface area contributed by atoms with Crippen LogP contribution in [0, 0.1) is 12.7 Å². The monoisotopic (exact) mass is 286 g/mol. The van der Waals surface area contributed by atoms with Crippen LogP contribution in [-0.4, -0.2) is 19.2 Å². The number of benzene rings is 2. The quantitative estimate of drug-likeness (QED) is 0.533. The lowest BCUT2D eigenvalue weighted by Gasteiger charge is -2.11. The molecular weight excluding hydrogens is 271 g/mol. The Morgan fingerprint density at radius 1 is 1.19 bits per heavy atom. The molecule has 0 saturated carbocycles. The molecule has 21 heavy (non-hydrogen) atoms. The van der Waals surface area contributed by atoms with E-state index >= 15 is 0 Å². The van der Waals surface area contributed by atoms with Crippen molar-refractivity contribution in [3.8, 4) is 0 Å². The Morgan fingerprint density at radius 3 is 2.33 bits per heavy atom. The molecule has 0 unspecified atom stereocenters. The summed E-state index contributed by atoms with van der Waals surface area (Å²) >= 11 is 0. The minimum atomic E-state index is -0.504. The summed E-state index contributed by atoms with van der Waals surface area (Å²) < 4.78 is 13.7. The van der Waals surface area contributed by atoms with Crippen molar-refractivity contribution >= 4 is 23.6 Å². The first-order valence-electron chi connectivity index (χ1n) is 6.32. The van der Waals surface area contributed by atoms with Crippen molar-refractivity contribution in [1.29, 1.82) is 0 Å². The highest BCUT2D eigenvalue weighted by atomic mass is 19.1. The third-order valence-corrected chi connectivity index (χ3v) is 3.34. The number of nitrogen functional groups attached to an aromatic ring is 1. The third kappa shape index (κ3) is 2.91. The number of amides is 1. The maximum atomic E-state index is 13.7. The largest absolute Gasteiger partial charge is 0.398 e. The summed E-state index contributed by atoms with van der Waals surface area (Å²) in [5, 5.41) is 0. The van der Waals surface area contributed by atoms with Crippen LogP contribution >= 0.6 is 0 Å². The fraction of sp³-hybridized carbons (Fsp3) is 0.125. The zero-order valence-corrected chi connectivity index (χ0v) is 11.8. The maximum Gasteiger partial charge on any atom is 0.213 e. The minimum absolute atomic E-state index is 0.201. The molecule has 0 aliphatic carbocycles. The minimum Gasteiger partial charge on any atom is -0.398 e. The standard InChI is InChI=1S/C16H15FN2O2/c1-10-14(17)7-12(8-15(10)18)16(21)11-3-5-13(6-4-11)19(2)9-20/h3-9H,18H2,1-2H3. The molecule has 0 aromatic heterocycles. The number of hydrogen-bond donors (Lipinski definition) is 1. The number of nitrogens with zero attached hydrogens (tertiary/aromatic N) is 1. The van der Waals surface area contributed by atoms with Gasteiger partial charge in [-0.15, -0.1) is 0 Å². The molecule has 5 heteroatoms. The number of anilines is 2. The van der Waals surface area contributed by atoms with Crippen molar-refractivity contribution in [2.45, 2.75) is 6.92 Å². The molecule has 0 atom stereocenters. The first-order valence-corrected chi connectivity index (χ1v) is 6.32. The van der Waals surface area contributed by atoms with Crippen LogP contribution in [0.2, 0.25) is 0 Å². The van der Waals surface area contributed by atoms with Crippen LogP contribution in [0.1, 0.15) is 21.5 Å². The number of nitrogens with two attached hydrogens (primary N) is 1. The smallest absolute Gasteiger partial charge is 0.213 e. The van der Waals surface area contributed by atoms with E-state index in [9.17, 15) is 14.0 Å². The van der Waals surface area contributed by atoms with E-state index < -0.39 is 5.82 Å². The lowest BCUT2D eigenvalue weighted by atomic mass is 10.0. The summed E-state index contributed by atoms with van der Waals surface area (Å²) in [6.45, 7) is 1.56. The van der Waals surface area contributed by atoms with Gasteiger partial charge in [-0.25, -0.2) is 4.39 Å². The second-order valence-electron chi connectivity index (χ2n) is 4.76. The molecule has 2 aromatic carbocycles. The predicted octanol–water partition coefficient (Wildman–Crippen LogP) is 2.54. The van der Waals surface area contributed by atoms with Gasteiger partial charge in [0.15, 0.2) is 5.78 Å². The lowest BCUT2D eigenvalue weighted by molar-refractivity contribution is -0.107. The summed E-state index contributed by atoms with van der Waals surface area (Å²) in [5.41, 5.74) is 7.52. The molecule has 0 aliphatic heterocycles. The van der Waals surface area contributed by atoms with Crippen LogP contribution in [0.15, 0.2) is 36.4 Å². The topological polar surface area (TPSA) is 63.4 Å². The van der Waals surface area contributed by atoms with Gasteiger partial charge >= 0.3 is 0 Å². The van der Waals surface area contributed by atoms with Crippen LogP contribution in [0.5, 0.6) is 0 Å². The molecule has 2 aromatic rings. The van der Waals surface area contributed by atoms with Gasteiger partial charge in [-0.3, -0.25) is 9.59 Å². The highest BCUT2D eigenvalue weighted by Gasteiger charge is 2.13. The van der Waals surface area contributed by atoms with E-state index in [2.05, 4.69) is 0 Å². The fourth-order valence-electron chi connectivity index (χ4n) is 1.91. The highest BCUT2D eigenvalue weighted by Crippen LogP contribution is 2.21. The Balaban J connectivity index is 2.34. The van der Waals surface area contributed by atoms with Gasteiger partial charge in [0.2, 0.25) is 6.41 Å². The average Bonchev–Trinajstić information content (AvgIpc) is 2.50. The van der Waals surface area contributed by atoms with Crippen molar-refractivity contribution in [2.24, 2.45) is 0 Å². The lowest BCUT2D eigenvalue weighted by Crippen LogP contribution is -2.13. The van der Waals surface area contributed by atoms with Crippen molar-refractivity contribution < 1.29 is 14.0 Å². The van der Waals surface area contributed by atoms with Gasteiger partial charge in [-0.05, 0) is 43.3 Å². The molecule has 0 spiro atoms. The molecule has 0 fully saturated rings. The Kier molecular flexibility index (Phi) is 4.03. The second kappa shape index (κ2) is 5.75. The van der Waals surface area contributed by atoms with Gasteiger partial charge in [-0.1, -0.05) is 0 Å². The van der Waals surface area contributed by atoms with Crippen molar-refractivity contribution in [2.75, 3.05) is 17.7 Å². The SMILES string of the molecule is Cc1c(N)cc(C(=O)c2ccc(N(C)C=O)cc2)cc1F.